The van der Waals surface area contributed by atoms with Crippen LogP contribution in [0.2, 0.25) is 0 Å². The van der Waals surface area contributed by atoms with E-state index in [4.69, 9.17) is 9.47 Å². The molecule has 0 heterocycles. The van der Waals surface area contributed by atoms with Crippen LogP contribution in [0.4, 0.5) is 0 Å². The molecule has 0 saturated heterocycles. The lowest BCUT2D eigenvalue weighted by molar-refractivity contribution is 0.0734. The SMILES string of the molecule is C=COc1cccc(OC(=O)c2ccccc2)c1. The Hall–Kier alpha value is -2.55. The maximum Gasteiger partial charge on any atom is 0.343 e. The molecule has 0 aliphatic rings. The normalized spacial score (nSPS) is 9.56. The fourth-order valence-corrected chi connectivity index (χ4v) is 1.45. The summed E-state index contributed by atoms with van der Waals surface area (Å²) in [6.45, 7) is 3.46. The van der Waals surface area contributed by atoms with Crippen LogP contribution in [0.15, 0.2) is 67.4 Å². The molecule has 3 heteroatoms. The van der Waals surface area contributed by atoms with Gasteiger partial charge in [0.05, 0.1) is 11.8 Å². The number of hydrogen-bond donors (Lipinski definition) is 0. The average Bonchev–Trinajstić information content (AvgIpc) is 2.40. The molecule has 0 saturated carbocycles. The quantitative estimate of drug-likeness (QED) is 0.466. The number of rotatable bonds is 4. The maximum atomic E-state index is 11.8. The van der Waals surface area contributed by atoms with E-state index in [-0.39, 0.29) is 0 Å². The Morgan fingerprint density at radius 2 is 1.72 bits per heavy atom. The Kier molecular flexibility index (Phi) is 3.76. The van der Waals surface area contributed by atoms with Gasteiger partial charge in [-0.2, -0.15) is 0 Å². The molecule has 3 nitrogen and oxygen atoms in total. The Morgan fingerprint density at radius 1 is 1.00 bits per heavy atom. The van der Waals surface area contributed by atoms with Crippen molar-refractivity contribution in [2.75, 3.05) is 0 Å². The van der Waals surface area contributed by atoms with Gasteiger partial charge in [0.1, 0.15) is 11.5 Å². The van der Waals surface area contributed by atoms with Crippen molar-refractivity contribution < 1.29 is 14.3 Å². The van der Waals surface area contributed by atoms with Gasteiger partial charge in [0.15, 0.2) is 0 Å². The molecule has 0 aliphatic carbocycles. The van der Waals surface area contributed by atoms with E-state index >= 15 is 0 Å². The van der Waals surface area contributed by atoms with Crippen molar-refractivity contribution in [1.82, 2.24) is 0 Å². The minimum Gasteiger partial charge on any atom is -0.465 e. The van der Waals surface area contributed by atoms with Crippen molar-refractivity contribution in [2.45, 2.75) is 0 Å². The highest BCUT2D eigenvalue weighted by Crippen LogP contribution is 2.20. The molecule has 0 N–H and O–H groups in total. The third kappa shape index (κ3) is 2.98. The Balaban J connectivity index is 2.12. The van der Waals surface area contributed by atoms with Gasteiger partial charge in [-0.1, -0.05) is 30.8 Å². The fourth-order valence-electron chi connectivity index (χ4n) is 1.45. The fraction of sp³-hybridized carbons (Fsp3) is 0. The molecule has 0 amide bonds. The molecule has 0 aromatic heterocycles. The summed E-state index contributed by atoms with van der Waals surface area (Å²) in [5.41, 5.74) is 0.507. The first-order valence-electron chi connectivity index (χ1n) is 5.44. The summed E-state index contributed by atoms with van der Waals surface area (Å²) in [6, 6.07) is 15.6. The summed E-state index contributed by atoms with van der Waals surface area (Å²) in [5, 5.41) is 0. The van der Waals surface area contributed by atoms with Gasteiger partial charge in [0.2, 0.25) is 0 Å². The van der Waals surface area contributed by atoms with Gasteiger partial charge in [-0.25, -0.2) is 4.79 Å². The zero-order valence-electron chi connectivity index (χ0n) is 9.71. The van der Waals surface area contributed by atoms with Gasteiger partial charge < -0.3 is 9.47 Å². The highest BCUT2D eigenvalue weighted by molar-refractivity contribution is 5.90. The Labute approximate surface area is 105 Å². The van der Waals surface area contributed by atoms with Crippen molar-refractivity contribution in [3.63, 3.8) is 0 Å². The van der Waals surface area contributed by atoms with Gasteiger partial charge in [-0.15, -0.1) is 0 Å². The second-order valence-electron chi connectivity index (χ2n) is 3.51. The molecule has 2 aromatic carbocycles. The van der Waals surface area contributed by atoms with Crippen LogP contribution in [0, 0.1) is 0 Å². The first-order chi connectivity index (χ1) is 8.79. The van der Waals surface area contributed by atoms with Crippen LogP contribution >= 0.6 is 0 Å². The van der Waals surface area contributed by atoms with Crippen LogP contribution in [0.5, 0.6) is 11.5 Å². The number of carbonyl (C=O) groups is 1. The molecule has 0 radical (unpaired) electrons. The van der Waals surface area contributed by atoms with Gasteiger partial charge in [-0.05, 0) is 24.3 Å². The zero-order chi connectivity index (χ0) is 12.8. The summed E-state index contributed by atoms with van der Waals surface area (Å²) < 4.78 is 10.3. The molecule has 90 valence electrons. The molecule has 0 spiro atoms. The molecular weight excluding hydrogens is 228 g/mol. The first kappa shape index (κ1) is 11.9. The van der Waals surface area contributed by atoms with Crippen LogP contribution in [-0.2, 0) is 0 Å². The van der Waals surface area contributed by atoms with Crippen molar-refractivity contribution in [1.29, 1.82) is 0 Å². The number of hydrogen-bond acceptors (Lipinski definition) is 3. The summed E-state index contributed by atoms with van der Waals surface area (Å²) in [7, 11) is 0. The Bertz CT molecular complexity index is 547. The monoisotopic (exact) mass is 240 g/mol. The number of carbonyl (C=O) groups excluding carboxylic acids is 1. The maximum absolute atomic E-state index is 11.8. The van der Waals surface area contributed by atoms with Crippen molar-refractivity contribution >= 4 is 5.97 Å². The van der Waals surface area contributed by atoms with E-state index in [1.807, 2.05) is 6.07 Å². The van der Waals surface area contributed by atoms with E-state index in [1.54, 1.807) is 48.5 Å². The lowest BCUT2D eigenvalue weighted by Crippen LogP contribution is -2.07. The van der Waals surface area contributed by atoms with Crippen molar-refractivity contribution in [3.8, 4) is 11.5 Å². The highest BCUT2D eigenvalue weighted by Gasteiger charge is 2.07. The van der Waals surface area contributed by atoms with Gasteiger partial charge in [-0.3, -0.25) is 0 Å². The molecule has 18 heavy (non-hydrogen) atoms. The van der Waals surface area contributed by atoms with E-state index in [2.05, 4.69) is 6.58 Å². The summed E-state index contributed by atoms with van der Waals surface area (Å²) >= 11 is 0. The molecule has 2 rings (SSSR count). The highest BCUT2D eigenvalue weighted by atomic mass is 16.5. The van der Waals surface area contributed by atoms with Crippen LogP contribution in [-0.4, -0.2) is 5.97 Å². The van der Waals surface area contributed by atoms with E-state index in [9.17, 15) is 4.79 Å². The first-order valence-corrected chi connectivity index (χ1v) is 5.44. The topological polar surface area (TPSA) is 35.5 Å². The number of esters is 1. The molecule has 0 unspecified atom stereocenters. The molecule has 0 atom stereocenters. The van der Waals surface area contributed by atoms with Crippen LogP contribution in [0.1, 0.15) is 10.4 Å². The second kappa shape index (κ2) is 5.68. The zero-order valence-corrected chi connectivity index (χ0v) is 9.71. The van der Waals surface area contributed by atoms with Crippen LogP contribution < -0.4 is 9.47 Å². The third-order valence-corrected chi connectivity index (χ3v) is 2.24. The van der Waals surface area contributed by atoms with Gasteiger partial charge in [0.25, 0.3) is 0 Å². The minimum atomic E-state index is -0.397. The summed E-state index contributed by atoms with van der Waals surface area (Å²) in [5.74, 6) is 0.609. The third-order valence-electron chi connectivity index (χ3n) is 2.24. The van der Waals surface area contributed by atoms with E-state index in [0.29, 0.717) is 17.1 Å². The molecule has 0 fully saturated rings. The van der Waals surface area contributed by atoms with E-state index in [1.165, 1.54) is 6.26 Å². The standard InChI is InChI=1S/C15H12O3/c1-2-17-13-9-6-10-14(11-13)18-15(16)12-7-4-3-5-8-12/h2-11H,1H2. The lowest BCUT2D eigenvalue weighted by atomic mass is 10.2. The minimum absolute atomic E-state index is 0.397. The molecule has 0 aliphatic heterocycles. The summed E-state index contributed by atoms with van der Waals surface area (Å²) in [6.07, 6.45) is 1.32. The Morgan fingerprint density at radius 3 is 2.44 bits per heavy atom. The molecular formula is C15H12O3. The smallest absolute Gasteiger partial charge is 0.343 e. The second-order valence-corrected chi connectivity index (χ2v) is 3.51. The summed E-state index contributed by atoms with van der Waals surface area (Å²) in [4.78, 5) is 11.8. The van der Waals surface area contributed by atoms with E-state index in [0.717, 1.165) is 0 Å². The number of ether oxygens (including phenoxy) is 2. The molecule has 2 aromatic rings. The number of benzene rings is 2. The van der Waals surface area contributed by atoms with Crippen LogP contribution in [0.3, 0.4) is 0 Å². The largest absolute Gasteiger partial charge is 0.465 e. The lowest BCUT2D eigenvalue weighted by Gasteiger charge is -2.05. The predicted molar refractivity (Wildman–Crippen MR) is 68.7 cm³/mol. The van der Waals surface area contributed by atoms with Crippen molar-refractivity contribution in [2.24, 2.45) is 0 Å². The predicted octanol–water partition coefficient (Wildman–Crippen LogP) is 3.43. The molecule has 0 bridgehead atoms. The van der Waals surface area contributed by atoms with Gasteiger partial charge in [0, 0.05) is 6.07 Å². The van der Waals surface area contributed by atoms with E-state index < -0.39 is 5.97 Å². The average molecular weight is 240 g/mol. The van der Waals surface area contributed by atoms with Crippen LogP contribution in [0.25, 0.3) is 0 Å². The van der Waals surface area contributed by atoms with Crippen molar-refractivity contribution in [3.05, 3.63) is 73.0 Å². The van der Waals surface area contributed by atoms with Gasteiger partial charge >= 0.3 is 5.97 Å².